The molecule has 2 saturated carbocycles. The van der Waals surface area contributed by atoms with Crippen molar-refractivity contribution in [2.75, 3.05) is 12.0 Å². The summed E-state index contributed by atoms with van der Waals surface area (Å²) in [5.74, 6) is 1.17. The number of benzene rings is 2. The first-order valence-corrected chi connectivity index (χ1v) is 13.0. The number of aryl methyl sites for hydroxylation is 1. The Labute approximate surface area is 202 Å². The number of fused-ring (bicyclic) bond motifs is 3. The van der Waals surface area contributed by atoms with Crippen LogP contribution in [0, 0.1) is 5.41 Å². The van der Waals surface area contributed by atoms with E-state index in [0.29, 0.717) is 11.5 Å². The smallest absolute Gasteiger partial charge is 0.414 e. The zero-order valence-corrected chi connectivity index (χ0v) is 20.4. The number of aromatic nitrogens is 2. The third-order valence-corrected chi connectivity index (χ3v) is 8.89. The molecule has 0 N–H and O–H groups in total. The Bertz CT molecular complexity index is 1210. The van der Waals surface area contributed by atoms with E-state index in [9.17, 15) is 4.79 Å². The largest absolute Gasteiger partial charge is 0.452 e. The molecule has 1 aromatic heterocycles. The molecule has 1 amide bonds. The minimum absolute atomic E-state index is 0.125. The summed E-state index contributed by atoms with van der Waals surface area (Å²) in [7, 11) is 1.47. The van der Waals surface area contributed by atoms with E-state index in [0.717, 1.165) is 30.5 Å². The van der Waals surface area contributed by atoms with E-state index in [1.165, 1.54) is 74.5 Å². The number of methoxy groups -OCH3 is 1. The maximum atomic E-state index is 12.6. The van der Waals surface area contributed by atoms with Crippen LogP contribution in [0.5, 0.6) is 0 Å². The van der Waals surface area contributed by atoms with Gasteiger partial charge in [0.25, 0.3) is 0 Å². The summed E-state index contributed by atoms with van der Waals surface area (Å²) in [6, 6.07) is 15.7. The van der Waals surface area contributed by atoms with Gasteiger partial charge in [-0.2, -0.15) is 0 Å². The zero-order chi connectivity index (χ0) is 23.3. The topological polar surface area (TPSA) is 47.4 Å². The van der Waals surface area contributed by atoms with Crippen molar-refractivity contribution < 1.29 is 9.53 Å². The van der Waals surface area contributed by atoms with Crippen molar-refractivity contribution in [2.45, 2.75) is 83.2 Å². The lowest BCUT2D eigenvalue weighted by Gasteiger charge is -2.53. The lowest BCUT2D eigenvalue weighted by atomic mass is 9.57. The van der Waals surface area contributed by atoms with Crippen molar-refractivity contribution in [3.63, 3.8) is 0 Å². The molecule has 2 aromatic carbocycles. The summed E-state index contributed by atoms with van der Waals surface area (Å²) < 4.78 is 7.75. The number of nitrogens with zero attached hydrogens (tertiary/aromatic N) is 3. The quantitative estimate of drug-likeness (QED) is 0.433. The van der Waals surface area contributed by atoms with Crippen molar-refractivity contribution in [2.24, 2.45) is 5.41 Å². The number of rotatable bonds is 3. The molecule has 34 heavy (non-hydrogen) atoms. The molecule has 178 valence electrons. The molecule has 0 bridgehead atoms. The van der Waals surface area contributed by atoms with Crippen LogP contribution in [-0.4, -0.2) is 28.8 Å². The second kappa shape index (κ2) is 8.44. The molecule has 1 spiro atoms. The van der Waals surface area contributed by atoms with E-state index in [-0.39, 0.29) is 12.1 Å². The molecule has 3 aliphatic rings. The highest BCUT2D eigenvalue weighted by Gasteiger charge is 2.49. The number of carbonyl (C=O) groups excluding carboxylic acids is 1. The lowest BCUT2D eigenvalue weighted by Crippen LogP contribution is -2.43. The standard InChI is InChI=1S/C29H35N3O2/c1-20-11-12-22-23(31(20)28(33)34-2)13-14-24-27(22)30-26(19-21-9-5-3-6-10-21)32(24)25-15-18-29(25)16-7-4-8-17-29/h3,5-6,9-10,13-14,20,25H,4,7-8,11-12,15-19H2,1-2H3/t20-,25-/m0/s1. The molecule has 2 fully saturated rings. The predicted molar refractivity (Wildman–Crippen MR) is 135 cm³/mol. The summed E-state index contributed by atoms with van der Waals surface area (Å²) in [4.78, 5) is 19.8. The number of anilines is 1. The molecule has 0 radical (unpaired) electrons. The van der Waals surface area contributed by atoms with Crippen LogP contribution >= 0.6 is 0 Å². The van der Waals surface area contributed by atoms with Crippen LogP contribution in [0.2, 0.25) is 0 Å². The fourth-order valence-corrected chi connectivity index (χ4v) is 7.00. The second-order valence-electron chi connectivity index (χ2n) is 10.7. The third-order valence-electron chi connectivity index (χ3n) is 8.89. The Kier molecular flexibility index (Phi) is 5.39. The van der Waals surface area contributed by atoms with Gasteiger partial charge in [-0.05, 0) is 68.6 Å². The first-order valence-electron chi connectivity index (χ1n) is 13.0. The van der Waals surface area contributed by atoms with Crippen molar-refractivity contribution in [3.8, 4) is 0 Å². The van der Waals surface area contributed by atoms with Crippen LogP contribution in [-0.2, 0) is 17.6 Å². The van der Waals surface area contributed by atoms with Crippen LogP contribution in [0.1, 0.15) is 81.3 Å². The molecule has 6 rings (SSSR count). The Morgan fingerprint density at radius 2 is 1.85 bits per heavy atom. The molecular formula is C29H35N3O2. The highest BCUT2D eigenvalue weighted by Crippen LogP contribution is 2.59. The van der Waals surface area contributed by atoms with Crippen molar-refractivity contribution in [1.82, 2.24) is 9.55 Å². The molecule has 0 unspecified atom stereocenters. The van der Waals surface area contributed by atoms with Gasteiger partial charge >= 0.3 is 6.09 Å². The van der Waals surface area contributed by atoms with Crippen molar-refractivity contribution >= 4 is 22.8 Å². The summed E-state index contributed by atoms with van der Waals surface area (Å²) >= 11 is 0. The molecule has 1 aliphatic heterocycles. The van der Waals surface area contributed by atoms with E-state index in [1.807, 2.05) is 4.90 Å². The number of amides is 1. The monoisotopic (exact) mass is 457 g/mol. The summed E-state index contributed by atoms with van der Waals surface area (Å²) in [6.07, 6.45) is 11.8. The van der Waals surface area contributed by atoms with Gasteiger partial charge in [0.2, 0.25) is 0 Å². The molecule has 5 nitrogen and oxygen atoms in total. The Balaban J connectivity index is 1.51. The first kappa shape index (κ1) is 21.7. The van der Waals surface area contributed by atoms with Gasteiger partial charge in [0.1, 0.15) is 5.82 Å². The zero-order valence-electron chi connectivity index (χ0n) is 20.4. The minimum atomic E-state index is -0.281. The molecule has 2 aliphatic carbocycles. The van der Waals surface area contributed by atoms with Crippen LogP contribution in [0.15, 0.2) is 42.5 Å². The number of hydrogen-bond donors (Lipinski definition) is 0. The summed E-state index contributed by atoms with van der Waals surface area (Å²) in [5.41, 5.74) is 6.25. The van der Waals surface area contributed by atoms with Crippen LogP contribution < -0.4 is 4.90 Å². The SMILES string of the molecule is COC(=O)N1c2ccc3c(nc(Cc4ccccc4)n3[C@H]3CCC34CCCCC4)c2CC[C@@H]1C. The van der Waals surface area contributed by atoms with Crippen LogP contribution in [0.4, 0.5) is 10.5 Å². The van der Waals surface area contributed by atoms with Gasteiger partial charge in [-0.1, -0.05) is 49.6 Å². The average Bonchev–Trinajstić information content (AvgIpc) is 3.21. The molecular weight excluding hydrogens is 422 g/mol. The Hall–Kier alpha value is -2.82. The van der Waals surface area contributed by atoms with Gasteiger partial charge in [0.15, 0.2) is 0 Å². The highest BCUT2D eigenvalue weighted by atomic mass is 16.5. The predicted octanol–water partition coefficient (Wildman–Crippen LogP) is 6.82. The average molecular weight is 458 g/mol. The number of carbonyl (C=O) groups is 1. The van der Waals surface area contributed by atoms with E-state index < -0.39 is 0 Å². The van der Waals surface area contributed by atoms with E-state index in [1.54, 1.807) is 0 Å². The van der Waals surface area contributed by atoms with Gasteiger partial charge in [-0.3, -0.25) is 4.90 Å². The first-order chi connectivity index (χ1) is 16.6. The molecule has 0 saturated heterocycles. The second-order valence-corrected chi connectivity index (χ2v) is 10.7. The van der Waals surface area contributed by atoms with Gasteiger partial charge in [-0.15, -0.1) is 0 Å². The lowest BCUT2D eigenvalue weighted by molar-refractivity contribution is 0.00159. The third kappa shape index (κ3) is 3.35. The van der Waals surface area contributed by atoms with Crippen molar-refractivity contribution in [3.05, 3.63) is 59.4 Å². The number of imidazole rings is 1. The fraction of sp³-hybridized carbons (Fsp3) is 0.517. The van der Waals surface area contributed by atoms with E-state index in [2.05, 4.69) is 54.0 Å². The fourth-order valence-electron chi connectivity index (χ4n) is 7.00. The molecule has 2 heterocycles. The van der Waals surface area contributed by atoms with Crippen LogP contribution in [0.3, 0.4) is 0 Å². The number of hydrogen-bond acceptors (Lipinski definition) is 3. The summed E-state index contributed by atoms with van der Waals surface area (Å²) in [5, 5.41) is 0. The minimum Gasteiger partial charge on any atom is -0.452 e. The van der Waals surface area contributed by atoms with E-state index >= 15 is 0 Å². The Morgan fingerprint density at radius 3 is 2.56 bits per heavy atom. The van der Waals surface area contributed by atoms with Gasteiger partial charge in [0, 0.05) is 24.1 Å². The number of ether oxygens (including phenoxy) is 1. The Morgan fingerprint density at radius 1 is 1.06 bits per heavy atom. The van der Waals surface area contributed by atoms with Gasteiger partial charge < -0.3 is 9.30 Å². The normalized spacial score (nSPS) is 23.5. The highest BCUT2D eigenvalue weighted by molar-refractivity contribution is 5.95. The maximum Gasteiger partial charge on any atom is 0.414 e. The van der Waals surface area contributed by atoms with Gasteiger partial charge in [-0.25, -0.2) is 9.78 Å². The molecule has 2 atom stereocenters. The van der Waals surface area contributed by atoms with Crippen LogP contribution in [0.25, 0.3) is 11.0 Å². The summed E-state index contributed by atoms with van der Waals surface area (Å²) in [6.45, 7) is 2.10. The van der Waals surface area contributed by atoms with Gasteiger partial charge in [0.05, 0.1) is 23.8 Å². The van der Waals surface area contributed by atoms with E-state index in [4.69, 9.17) is 9.72 Å². The molecule has 5 heteroatoms. The van der Waals surface area contributed by atoms with Crippen molar-refractivity contribution in [1.29, 1.82) is 0 Å². The maximum absolute atomic E-state index is 12.6. The molecule has 3 aromatic rings.